The number of carbonyl (C=O) groups is 1. The molecule has 0 radical (unpaired) electrons. The van der Waals surface area contributed by atoms with Gasteiger partial charge in [-0.15, -0.1) is 0 Å². The van der Waals surface area contributed by atoms with Crippen LogP contribution in [0, 0.1) is 0 Å². The Morgan fingerprint density at radius 3 is 1.87 bits per heavy atom. The number of rotatable bonds is 11. The minimum Gasteiger partial charge on any atom is -1.00 e. The Balaban J connectivity index is -0.000000845. The molecule has 0 aromatic carbocycles. The molecular weight excluding hydrogens is 199 g/mol. The van der Waals surface area contributed by atoms with Gasteiger partial charge in [0.25, 0.3) is 6.47 Å². The molecule has 0 saturated heterocycles. The van der Waals surface area contributed by atoms with Crippen molar-refractivity contribution in [3.63, 3.8) is 0 Å². The molecular formula is C12H25NaO2. The van der Waals surface area contributed by atoms with Crippen LogP contribution in [-0.4, -0.2) is 13.1 Å². The van der Waals surface area contributed by atoms with Gasteiger partial charge in [-0.3, -0.25) is 4.79 Å². The third-order valence-electron chi connectivity index (χ3n) is 2.43. The van der Waals surface area contributed by atoms with Crippen LogP contribution in [0.15, 0.2) is 0 Å². The van der Waals surface area contributed by atoms with Gasteiger partial charge in [0.2, 0.25) is 0 Å². The minimum absolute atomic E-state index is 0. The molecule has 0 saturated carbocycles. The molecule has 0 aliphatic rings. The molecule has 0 heterocycles. The van der Waals surface area contributed by atoms with Crippen molar-refractivity contribution in [1.29, 1.82) is 0 Å². The van der Waals surface area contributed by atoms with Crippen LogP contribution in [0.1, 0.15) is 66.1 Å². The van der Waals surface area contributed by atoms with Crippen molar-refractivity contribution in [2.75, 3.05) is 6.61 Å². The van der Waals surface area contributed by atoms with E-state index in [1.165, 1.54) is 51.4 Å². The number of unbranched alkanes of at least 4 members (excludes halogenated alkanes) is 8. The smallest absolute Gasteiger partial charge is 1.00 e. The normalized spacial score (nSPS) is 9.40. The van der Waals surface area contributed by atoms with Crippen molar-refractivity contribution >= 4 is 6.47 Å². The molecule has 0 atom stereocenters. The summed E-state index contributed by atoms with van der Waals surface area (Å²) >= 11 is 0. The largest absolute Gasteiger partial charge is 1.00 e. The number of ether oxygens (including phenoxy) is 1. The molecule has 15 heavy (non-hydrogen) atoms. The van der Waals surface area contributed by atoms with Crippen molar-refractivity contribution in [1.82, 2.24) is 0 Å². The molecule has 0 N–H and O–H groups in total. The van der Waals surface area contributed by atoms with Gasteiger partial charge in [0.15, 0.2) is 0 Å². The van der Waals surface area contributed by atoms with E-state index in [1.54, 1.807) is 0 Å². The molecule has 86 valence electrons. The summed E-state index contributed by atoms with van der Waals surface area (Å²) in [6.45, 7) is 3.37. The van der Waals surface area contributed by atoms with Crippen molar-refractivity contribution in [3.05, 3.63) is 0 Å². The Bertz CT molecular complexity index is 124. The average Bonchev–Trinajstić information content (AvgIpc) is 2.21. The fraction of sp³-hybridized carbons (Fsp3) is 0.917. The summed E-state index contributed by atoms with van der Waals surface area (Å²) in [5.41, 5.74) is 0. The summed E-state index contributed by atoms with van der Waals surface area (Å²) in [5.74, 6) is 0. The Hall–Kier alpha value is 0.470. The van der Waals surface area contributed by atoms with Gasteiger partial charge < -0.3 is 6.16 Å². The molecule has 0 aliphatic heterocycles. The van der Waals surface area contributed by atoms with Gasteiger partial charge in [-0.25, -0.2) is 0 Å². The van der Waals surface area contributed by atoms with Gasteiger partial charge in [-0.2, -0.15) is 0 Å². The van der Waals surface area contributed by atoms with E-state index in [0.717, 1.165) is 6.42 Å². The first-order valence-corrected chi connectivity index (χ1v) is 5.97. The number of hydrogen-bond acceptors (Lipinski definition) is 2. The van der Waals surface area contributed by atoms with Gasteiger partial charge in [0, 0.05) is 0 Å². The first kappa shape index (κ1) is 17.9. The number of carbonyl (C=O) groups excluding carboxylic acids is 1. The quantitative estimate of drug-likeness (QED) is 0.295. The second-order valence-corrected chi connectivity index (χ2v) is 3.80. The summed E-state index contributed by atoms with van der Waals surface area (Å²) < 4.78 is 4.61. The van der Waals surface area contributed by atoms with Gasteiger partial charge in [0.1, 0.15) is 0 Å². The Labute approximate surface area is 118 Å². The van der Waals surface area contributed by atoms with Crippen LogP contribution in [-0.2, 0) is 9.53 Å². The van der Waals surface area contributed by atoms with E-state index in [-0.39, 0.29) is 31.0 Å². The zero-order valence-corrected chi connectivity index (χ0v) is 12.5. The maximum Gasteiger partial charge on any atom is 1.00 e. The van der Waals surface area contributed by atoms with Gasteiger partial charge >= 0.3 is 29.6 Å². The van der Waals surface area contributed by atoms with Crippen LogP contribution in [0.3, 0.4) is 0 Å². The third-order valence-corrected chi connectivity index (χ3v) is 2.43. The first-order chi connectivity index (χ1) is 6.91. The van der Waals surface area contributed by atoms with Crippen LogP contribution in [0.25, 0.3) is 0 Å². The first-order valence-electron chi connectivity index (χ1n) is 5.97. The molecule has 2 nitrogen and oxygen atoms in total. The SMILES string of the molecule is CCCCCCCCCCCOC=O.[H-].[Na+]. The second kappa shape index (κ2) is 16.9. The molecule has 0 aromatic heterocycles. The van der Waals surface area contributed by atoms with Gasteiger partial charge in [-0.1, -0.05) is 58.3 Å². The summed E-state index contributed by atoms with van der Waals surface area (Å²) in [4.78, 5) is 9.82. The van der Waals surface area contributed by atoms with E-state index < -0.39 is 0 Å². The fourth-order valence-corrected chi connectivity index (χ4v) is 1.54. The zero-order valence-electron chi connectivity index (χ0n) is 11.5. The van der Waals surface area contributed by atoms with E-state index in [4.69, 9.17) is 0 Å². The Morgan fingerprint density at radius 1 is 0.933 bits per heavy atom. The van der Waals surface area contributed by atoms with Crippen molar-refractivity contribution in [2.45, 2.75) is 64.7 Å². The maximum absolute atomic E-state index is 9.82. The summed E-state index contributed by atoms with van der Waals surface area (Å²) in [5, 5.41) is 0. The predicted octanol–water partition coefficient (Wildman–Crippen LogP) is 0.807. The second-order valence-electron chi connectivity index (χ2n) is 3.80. The molecule has 0 rings (SSSR count). The van der Waals surface area contributed by atoms with Crippen LogP contribution >= 0.6 is 0 Å². The third kappa shape index (κ3) is 17.1. The maximum atomic E-state index is 9.82. The van der Waals surface area contributed by atoms with Crippen LogP contribution < -0.4 is 29.6 Å². The Kier molecular flexibility index (Phi) is 20.1. The standard InChI is InChI=1S/C12H24O2.Na.H/c1-2-3-4-5-6-7-8-9-10-11-14-12-13;;/h12H,2-11H2,1H3;;/q;+1;-1. The van der Waals surface area contributed by atoms with Crippen molar-refractivity contribution in [2.24, 2.45) is 0 Å². The van der Waals surface area contributed by atoms with Gasteiger partial charge in [-0.05, 0) is 6.42 Å². The topological polar surface area (TPSA) is 26.3 Å². The monoisotopic (exact) mass is 224 g/mol. The average molecular weight is 224 g/mol. The van der Waals surface area contributed by atoms with Crippen LogP contribution in [0.2, 0.25) is 0 Å². The zero-order chi connectivity index (χ0) is 10.5. The molecule has 0 fully saturated rings. The van der Waals surface area contributed by atoms with Crippen LogP contribution in [0.5, 0.6) is 0 Å². The molecule has 0 aromatic rings. The Morgan fingerprint density at radius 2 is 1.40 bits per heavy atom. The van der Waals surface area contributed by atoms with Crippen molar-refractivity contribution < 1.29 is 40.5 Å². The predicted molar refractivity (Wildman–Crippen MR) is 60.4 cm³/mol. The minimum atomic E-state index is 0. The van der Waals surface area contributed by atoms with E-state index in [0.29, 0.717) is 13.1 Å². The summed E-state index contributed by atoms with van der Waals surface area (Å²) in [6.07, 6.45) is 11.7. The molecule has 3 heteroatoms. The van der Waals surface area contributed by atoms with E-state index in [9.17, 15) is 4.79 Å². The number of hydrogen-bond donors (Lipinski definition) is 0. The van der Waals surface area contributed by atoms with E-state index >= 15 is 0 Å². The van der Waals surface area contributed by atoms with Crippen LogP contribution in [0.4, 0.5) is 0 Å². The van der Waals surface area contributed by atoms with E-state index in [1.807, 2.05) is 0 Å². The van der Waals surface area contributed by atoms with E-state index in [2.05, 4.69) is 11.7 Å². The van der Waals surface area contributed by atoms with Gasteiger partial charge in [0.05, 0.1) is 6.61 Å². The molecule has 0 bridgehead atoms. The summed E-state index contributed by atoms with van der Waals surface area (Å²) in [6, 6.07) is 0. The summed E-state index contributed by atoms with van der Waals surface area (Å²) in [7, 11) is 0. The van der Waals surface area contributed by atoms with Crippen molar-refractivity contribution in [3.8, 4) is 0 Å². The fourth-order valence-electron chi connectivity index (χ4n) is 1.54. The molecule has 0 spiro atoms. The molecule has 0 amide bonds. The molecule has 0 aliphatic carbocycles. The molecule has 0 unspecified atom stereocenters.